The molecule has 1 aromatic heterocycles. The second kappa shape index (κ2) is 6.66. The van der Waals surface area contributed by atoms with Gasteiger partial charge in [0.1, 0.15) is 0 Å². The lowest BCUT2D eigenvalue weighted by Gasteiger charge is -2.00. The van der Waals surface area contributed by atoms with Crippen LogP contribution < -0.4 is 5.32 Å². The van der Waals surface area contributed by atoms with Gasteiger partial charge in [-0.05, 0) is 38.1 Å². The second-order valence-electron chi connectivity index (χ2n) is 2.75. The SMILES string of the molecule is ClCCCNCCc1ccc(Cl)s1. The lowest BCUT2D eigenvalue weighted by Crippen LogP contribution is -2.18. The molecule has 13 heavy (non-hydrogen) atoms. The molecule has 0 fully saturated rings. The molecule has 0 spiro atoms. The molecule has 0 aliphatic heterocycles. The van der Waals surface area contributed by atoms with E-state index in [1.165, 1.54) is 4.88 Å². The monoisotopic (exact) mass is 237 g/mol. The van der Waals surface area contributed by atoms with Gasteiger partial charge in [0.15, 0.2) is 0 Å². The fraction of sp³-hybridized carbons (Fsp3) is 0.556. The predicted molar refractivity (Wildman–Crippen MR) is 61.2 cm³/mol. The number of alkyl halides is 1. The van der Waals surface area contributed by atoms with Gasteiger partial charge in [0.05, 0.1) is 4.34 Å². The zero-order valence-corrected chi connectivity index (χ0v) is 9.68. The number of rotatable bonds is 6. The van der Waals surface area contributed by atoms with Gasteiger partial charge in [0, 0.05) is 10.8 Å². The Kier molecular flexibility index (Phi) is 5.80. The summed E-state index contributed by atoms with van der Waals surface area (Å²) in [6.45, 7) is 2.01. The summed E-state index contributed by atoms with van der Waals surface area (Å²) in [6, 6.07) is 4.02. The van der Waals surface area contributed by atoms with Gasteiger partial charge in [-0.3, -0.25) is 0 Å². The first-order chi connectivity index (χ1) is 6.33. The minimum absolute atomic E-state index is 0.734. The highest BCUT2D eigenvalue weighted by Gasteiger charge is 1.96. The molecule has 1 N–H and O–H groups in total. The molecule has 0 bridgehead atoms. The molecule has 1 heterocycles. The third kappa shape index (κ3) is 4.87. The van der Waals surface area contributed by atoms with Crippen LogP contribution in [0.4, 0.5) is 0 Å². The molecule has 0 aliphatic carbocycles. The standard InChI is InChI=1S/C9H13Cl2NS/c10-5-1-6-12-7-4-8-2-3-9(11)13-8/h2-3,12H,1,4-7H2. The van der Waals surface area contributed by atoms with Crippen LogP contribution in [0, 0.1) is 0 Å². The van der Waals surface area contributed by atoms with Crippen LogP contribution in [-0.2, 0) is 6.42 Å². The van der Waals surface area contributed by atoms with Crippen LogP contribution in [0.3, 0.4) is 0 Å². The average molecular weight is 238 g/mol. The van der Waals surface area contributed by atoms with E-state index in [-0.39, 0.29) is 0 Å². The van der Waals surface area contributed by atoms with Crippen molar-refractivity contribution in [2.24, 2.45) is 0 Å². The van der Waals surface area contributed by atoms with Gasteiger partial charge in [-0.1, -0.05) is 11.6 Å². The van der Waals surface area contributed by atoms with E-state index in [2.05, 4.69) is 11.4 Å². The van der Waals surface area contributed by atoms with Crippen molar-refractivity contribution < 1.29 is 0 Å². The summed E-state index contributed by atoms with van der Waals surface area (Å²) < 4.78 is 0.871. The van der Waals surface area contributed by atoms with Crippen LogP contribution in [0.2, 0.25) is 4.34 Å². The van der Waals surface area contributed by atoms with E-state index in [4.69, 9.17) is 23.2 Å². The molecule has 4 heteroatoms. The highest BCUT2D eigenvalue weighted by molar-refractivity contribution is 7.16. The number of hydrogen-bond acceptors (Lipinski definition) is 2. The Labute approximate surface area is 93.1 Å². The maximum atomic E-state index is 5.80. The molecule has 0 radical (unpaired) electrons. The highest BCUT2D eigenvalue weighted by Crippen LogP contribution is 2.21. The minimum atomic E-state index is 0.734. The average Bonchev–Trinajstić information content (AvgIpc) is 2.51. The molecule has 1 nitrogen and oxygen atoms in total. The molecule has 0 aromatic carbocycles. The molecule has 0 aliphatic rings. The van der Waals surface area contributed by atoms with Crippen molar-refractivity contribution in [1.29, 1.82) is 0 Å². The first kappa shape index (κ1) is 11.3. The largest absolute Gasteiger partial charge is 0.316 e. The Hall–Kier alpha value is 0.240. The fourth-order valence-electron chi connectivity index (χ4n) is 1.01. The van der Waals surface area contributed by atoms with Crippen LogP contribution in [0.1, 0.15) is 11.3 Å². The van der Waals surface area contributed by atoms with E-state index in [1.54, 1.807) is 11.3 Å². The summed E-state index contributed by atoms with van der Waals surface area (Å²) in [4.78, 5) is 1.34. The van der Waals surface area contributed by atoms with E-state index in [9.17, 15) is 0 Å². The molecule has 0 saturated carbocycles. The Morgan fingerprint density at radius 2 is 2.15 bits per heavy atom. The van der Waals surface area contributed by atoms with Gasteiger partial charge in [0.25, 0.3) is 0 Å². The summed E-state index contributed by atoms with van der Waals surface area (Å²) in [7, 11) is 0. The summed E-state index contributed by atoms with van der Waals surface area (Å²) in [5.41, 5.74) is 0. The maximum absolute atomic E-state index is 5.80. The van der Waals surface area contributed by atoms with Crippen molar-refractivity contribution in [2.45, 2.75) is 12.8 Å². The Morgan fingerprint density at radius 3 is 2.77 bits per heavy atom. The van der Waals surface area contributed by atoms with Gasteiger partial charge in [-0.25, -0.2) is 0 Å². The topological polar surface area (TPSA) is 12.0 Å². The predicted octanol–water partition coefficient (Wildman–Crippen LogP) is 3.16. The van der Waals surface area contributed by atoms with Gasteiger partial charge in [-0.2, -0.15) is 0 Å². The first-order valence-corrected chi connectivity index (χ1v) is 6.06. The number of thiophene rings is 1. The zero-order chi connectivity index (χ0) is 9.52. The number of nitrogens with one attached hydrogen (secondary N) is 1. The molecule has 74 valence electrons. The molecule has 1 aromatic rings. The second-order valence-corrected chi connectivity index (χ2v) is 4.93. The fourth-order valence-corrected chi connectivity index (χ4v) is 2.24. The quantitative estimate of drug-likeness (QED) is 0.593. The van der Waals surface area contributed by atoms with E-state index in [0.717, 1.165) is 36.1 Å². The molecule has 0 saturated heterocycles. The van der Waals surface area contributed by atoms with Crippen molar-refractivity contribution in [1.82, 2.24) is 5.32 Å². The van der Waals surface area contributed by atoms with Gasteiger partial charge in [-0.15, -0.1) is 22.9 Å². The van der Waals surface area contributed by atoms with Crippen molar-refractivity contribution in [3.63, 3.8) is 0 Å². The molecule has 0 atom stereocenters. The van der Waals surface area contributed by atoms with Crippen LogP contribution in [0.25, 0.3) is 0 Å². The zero-order valence-electron chi connectivity index (χ0n) is 7.35. The van der Waals surface area contributed by atoms with Crippen molar-refractivity contribution in [2.75, 3.05) is 19.0 Å². The molecular formula is C9H13Cl2NS. The third-order valence-electron chi connectivity index (χ3n) is 1.66. The normalized spacial score (nSPS) is 10.6. The minimum Gasteiger partial charge on any atom is -0.316 e. The van der Waals surface area contributed by atoms with E-state index in [1.807, 2.05) is 6.07 Å². The number of halogens is 2. The lowest BCUT2D eigenvalue weighted by molar-refractivity contribution is 0.676. The van der Waals surface area contributed by atoms with E-state index >= 15 is 0 Å². The maximum Gasteiger partial charge on any atom is 0.0931 e. The Balaban J connectivity index is 2.06. The van der Waals surface area contributed by atoms with Crippen LogP contribution in [-0.4, -0.2) is 19.0 Å². The Bertz CT molecular complexity index is 237. The highest BCUT2D eigenvalue weighted by atomic mass is 35.5. The molecule has 0 unspecified atom stereocenters. The van der Waals surface area contributed by atoms with Gasteiger partial charge >= 0.3 is 0 Å². The lowest BCUT2D eigenvalue weighted by atomic mass is 10.3. The van der Waals surface area contributed by atoms with Gasteiger partial charge in [0.2, 0.25) is 0 Å². The summed E-state index contributed by atoms with van der Waals surface area (Å²) in [5.74, 6) is 0.734. The van der Waals surface area contributed by atoms with Crippen molar-refractivity contribution in [3.05, 3.63) is 21.3 Å². The summed E-state index contributed by atoms with van der Waals surface area (Å²) >= 11 is 13.0. The number of hydrogen-bond donors (Lipinski definition) is 1. The van der Waals surface area contributed by atoms with Crippen molar-refractivity contribution >= 4 is 34.5 Å². The Morgan fingerprint density at radius 1 is 1.31 bits per heavy atom. The molecule has 1 rings (SSSR count). The van der Waals surface area contributed by atoms with Crippen LogP contribution >= 0.6 is 34.5 Å². The summed E-state index contributed by atoms with van der Waals surface area (Å²) in [5, 5.41) is 3.32. The molecule has 0 amide bonds. The third-order valence-corrected chi connectivity index (χ3v) is 3.22. The summed E-state index contributed by atoms with van der Waals surface area (Å²) in [6.07, 6.45) is 2.09. The van der Waals surface area contributed by atoms with Gasteiger partial charge < -0.3 is 5.32 Å². The van der Waals surface area contributed by atoms with Crippen molar-refractivity contribution in [3.8, 4) is 0 Å². The smallest absolute Gasteiger partial charge is 0.0931 e. The first-order valence-electron chi connectivity index (χ1n) is 4.34. The van der Waals surface area contributed by atoms with E-state index in [0.29, 0.717) is 0 Å². The van der Waals surface area contributed by atoms with Crippen LogP contribution in [0.15, 0.2) is 12.1 Å². The van der Waals surface area contributed by atoms with Crippen LogP contribution in [0.5, 0.6) is 0 Å². The van der Waals surface area contributed by atoms with E-state index < -0.39 is 0 Å². The molecular weight excluding hydrogens is 225 g/mol.